The number of benzene rings is 2. The first-order chi connectivity index (χ1) is 14.3. The van der Waals surface area contributed by atoms with Crippen LogP contribution in [0.4, 0.5) is 4.39 Å². The molecule has 2 amide bonds. The number of nitrogens with one attached hydrogen (secondary N) is 1. The Labute approximate surface area is 175 Å². The highest BCUT2D eigenvalue weighted by atomic mass is 31.2. The molecule has 1 atom stereocenters. The number of hydrogen-bond acceptors (Lipinski definition) is 5. The Morgan fingerprint density at radius 2 is 1.70 bits per heavy atom. The molecule has 0 aromatic heterocycles. The Morgan fingerprint density at radius 3 is 2.23 bits per heavy atom. The standard InChI is InChI=1S/C21H26FN2O5P/c1-3-28-30(27,29-4-2)14-15-8-10-17(11-9-15)21(26)24-19(20(23)25)13-16-6-5-7-18(22)12-16/h5-12,19H,3-4,13-14H2,1-2H3,(H2,23,25)(H,24,26)/t19-/m0/s1. The van der Waals surface area contributed by atoms with Crippen LogP contribution < -0.4 is 11.1 Å². The van der Waals surface area contributed by atoms with Crippen molar-refractivity contribution in [3.05, 3.63) is 71.0 Å². The van der Waals surface area contributed by atoms with Crippen LogP contribution >= 0.6 is 7.60 Å². The van der Waals surface area contributed by atoms with Gasteiger partial charge in [0.15, 0.2) is 0 Å². The van der Waals surface area contributed by atoms with Gasteiger partial charge in [0, 0.05) is 12.0 Å². The van der Waals surface area contributed by atoms with Gasteiger partial charge in [-0.15, -0.1) is 0 Å². The minimum atomic E-state index is -3.25. The predicted molar refractivity (Wildman–Crippen MR) is 112 cm³/mol. The van der Waals surface area contributed by atoms with Gasteiger partial charge in [-0.25, -0.2) is 4.39 Å². The van der Waals surface area contributed by atoms with Gasteiger partial charge in [-0.2, -0.15) is 0 Å². The van der Waals surface area contributed by atoms with Gasteiger partial charge in [-0.05, 0) is 49.2 Å². The fourth-order valence-electron chi connectivity index (χ4n) is 2.87. The molecule has 0 spiro atoms. The molecule has 0 saturated carbocycles. The third kappa shape index (κ3) is 7.06. The van der Waals surface area contributed by atoms with Gasteiger partial charge in [0.05, 0.1) is 19.4 Å². The van der Waals surface area contributed by atoms with Crippen LogP contribution in [0.5, 0.6) is 0 Å². The minimum absolute atomic E-state index is 0.0722. The minimum Gasteiger partial charge on any atom is -0.368 e. The van der Waals surface area contributed by atoms with Crippen molar-refractivity contribution in [1.29, 1.82) is 0 Å². The van der Waals surface area contributed by atoms with Gasteiger partial charge in [-0.1, -0.05) is 24.3 Å². The maximum absolute atomic E-state index is 13.4. The summed E-state index contributed by atoms with van der Waals surface area (Å²) in [5.41, 5.74) is 6.91. The Balaban J connectivity index is 2.06. The molecule has 0 heterocycles. The van der Waals surface area contributed by atoms with Crippen LogP contribution in [0.1, 0.15) is 35.3 Å². The molecule has 30 heavy (non-hydrogen) atoms. The summed E-state index contributed by atoms with van der Waals surface area (Å²) < 4.78 is 36.5. The van der Waals surface area contributed by atoms with Crippen molar-refractivity contribution < 1.29 is 27.6 Å². The number of nitrogens with two attached hydrogens (primary N) is 1. The summed E-state index contributed by atoms with van der Waals surface area (Å²) in [6, 6.07) is 11.1. The Morgan fingerprint density at radius 1 is 1.07 bits per heavy atom. The van der Waals surface area contributed by atoms with Crippen LogP contribution in [0.15, 0.2) is 48.5 Å². The van der Waals surface area contributed by atoms with Gasteiger partial charge in [0.2, 0.25) is 5.91 Å². The molecule has 2 aromatic carbocycles. The number of halogens is 1. The Kier molecular flexibility index (Phi) is 8.72. The van der Waals surface area contributed by atoms with Gasteiger partial charge in [0.1, 0.15) is 11.9 Å². The second-order valence-corrected chi connectivity index (χ2v) is 8.62. The van der Waals surface area contributed by atoms with E-state index in [0.717, 1.165) is 0 Å². The van der Waals surface area contributed by atoms with E-state index in [-0.39, 0.29) is 25.8 Å². The molecule has 0 fully saturated rings. The zero-order valence-corrected chi connectivity index (χ0v) is 17.9. The Hall–Kier alpha value is -2.54. The number of primary amides is 1. The van der Waals surface area contributed by atoms with Crippen molar-refractivity contribution in [2.45, 2.75) is 32.5 Å². The summed E-state index contributed by atoms with van der Waals surface area (Å²) in [5.74, 6) is -1.66. The number of amides is 2. The fraction of sp³-hybridized carbons (Fsp3) is 0.333. The molecule has 0 aliphatic heterocycles. The lowest BCUT2D eigenvalue weighted by molar-refractivity contribution is -0.119. The van der Waals surface area contributed by atoms with Gasteiger partial charge < -0.3 is 20.1 Å². The van der Waals surface area contributed by atoms with Gasteiger partial charge in [-0.3, -0.25) is 14.2 Å². The van der Waals surface area contributed by atoms with Crippen molar-refractivity contribution in [1.82, 2.24) is 5.32 Å². The van der Waals surface area contributed by atoms with Crippen molar-refractivity contribution in [3.63, 3.8) is 0 Å². The molecule has 2 rings (SSSR count). The molecule has 7 nitrogen and oxygen atoms in total. The van der Waals surface area contributed by atoms with Crippen molar-refractivity contribution in [2.75, 3.05) is 13.2 Å². The number of hydrogen-bond donors (Lipinski definition) is 2. The molecule has 9 heteroatoms. The van der Waals surface area contributed by atoms with Crippen LogP contribution in [0.2, 0.25) is 0 Å². The molecule has 162 valence electrons. The molecular weight excluding hydrogens is 410 g/mol. The lowest BCUT2D eigenvalue weighted by atomic mass is 10.0. The summed E-state index contributed by atoms with van der Waals surface area (Å²) in [6.07, 6.45) is 0.156. The number of carbonyl (C=O) groups excluding carboxylic acids is 2. The first-order valence-corrected chi connectivity index (χ1v) is 11.3. The second-order valence-electron chi connectivity index (χ2n) is 6.56. The molecule has 3 N–H and O–H groups in total. The molecule has 0 saturated heterocycles. The number of rotatable bonds is 11. The van der Waals surface area contributed by atoms with Crippen LogP contribution in [0, 0.1) is 5.82 Å². The highest BCUT2D eigenvalue weighted by molar-refractivity contribution is 7.53. The third-order valence-electron chi connectivity index (χ3n) is 4.22. The molecule has 2 aromatic rings. The van der Waals surface area contributed by atoms with E-state index < -0.39 is 31.3 Å². The molecule has 0 aliphatic carbocycles. The topological polar surface area (TPSA) is 108 Å². The Bertz CT molecular complexity index is 910. The van der Waals surface area contributed by atoms with Crippen molar-refractivity contribution in [3.8, 4) is 0 Å². The van der Waals surface area contributed by atoms with Crippen LogP contribution in [0.3, 0.4) is 0 Å². The van der Waals surface area contributed by atoms with Crippen molar-refractivity contribution >= 4 is 19.4 Å². The summed E-state index contributed by atoms with van der Waals surface area (Å²) in [6.45, 7) is 3.99. The molecule has 0 bridgehead atoms. The largest absolute Gasteiger partial charge is 0.368 e. The van der Waals surface area contributed by atoms with E-state index in [1.165, 1.54) is 18.2 Å². The van der Waals surface area contributed by atoms with Crippen LogP contribution in [0.25, 0.3) is 0 Å². The lowest BCUT2D eigenvalue weighted by Gasteiger charge is -2.17. The summed E-state index contributed by atoms with van der Waals surface area (Å²) in [5, 5.41) is 2.57. The van der Waals surface area contributed by atoms with Crippen LogP contribution in [-0.4, -0.2) is 31.1 Å². The van der Waals surface area contributed by atoms with E-state index in [1.807, 2.05) is 0 Å². The summed E-state index contributed by atoms with van der Waals surface area (Å²) >= 11 is 0. The van der Waals surface area contributed by atoms with Crippen molar-refractivity contribution in [2.24, 2.45) is 5.73 Å². The molecule has 0 radical (unpaired) electrons. The molecule has 0 unspecified atom stereocenters. The van der Waals surface area contributed by atoms with E-state index in [9.17, 15) is 18.5 Å². The maximum Gasteiger partial charge on any atom is 0.335 e. The van der Waals surface area contributed by atoms with E-state index >= 15 is 0 Å². The highest BCUT2D eigenvalue weighted by Crippen LogP contribution is 2.51. The smallest absolute Gasteiger partial charge is 0.335 e. The second kappa shape index (κ2) is 11.0. The van der Waals surface area contributed by atoms with E-state index in [0.29, 0.717) is 16.7 Å². The zero-order valence-electron chi connectivity index (χ0n) is 17.0. The normalized spacial score (nSPS) is 12.4. The summed E-state index contributed by atoms with van der Waals surface area (Å²) in [7, 11) is -3.25. The zero-order chi connectivity index (χ0) is 22.1. The first kappa shape index (κ1) is 23.7. The molecular formula is C21H26FN2O5P. The van der Waals surface area contributed by atoms with Gasteiger partial charge in [0.25, 0.3) is 5.91 Å². The quantitative estimate of drug-likeness (QED) is 0.525. The highest BCUT2D eigenvalue weighted by Gasteiger charge is 2.24. The SMILES string of the molecule is CCOP(=O)(Cc1ccc(C(=O)N[C@@H](Cc2cccc(F)c2)C(N)=O)cc1)OCC. The monoisotopic (exact) mass is 436 g/mol. The van der Waals surface area contributed by atoms with E-state index in [2.05, 4.69) is 5.32 Å². The first-order valence-electron chi connectivity index (χ1n) is 9.58. The average Bonchev–Trinajstić information content (AvgIpc) is 2.68. The fourth-order valence-corrected chi connectivity index (χ4v) is 4.57. The van der Waals surface area contributed by atoms with Gasteiger partial charge >= 0.3 is 7.60 Å². The average molecular weight is 436 g/mol. The lowest BCUT2D eigenvalue weighted by Crippen LogP contribution is -2.45. The summed E-state index contributed by atoms with van der Waals surface area (Å²) in [4.78, 5) is 24.3. The van der Waals surface area contributed by atoms with E-state index in [4.69, 9.17) is 14.8 Å². The predicted octanol–water partition coefficient (Wildman–Crippen LogP) is 3.42. The molecule has 0 aliphatic rings. The van der Waals surface area contributed by atoms with E-state index in [1.54, 1.807) is 44.2 Å². The van der Waals surface area contributed by atoms with Crippen LogP contribution in [-0.2, 0) is 31.0 Å². The number of carbonyl (C=O) groups is 2. The third-order valence-corrected chi connectivity index (χ3v) is 6.28. The maximum atomic E-state index is 13.4.